The van der Waals surface area contributed by atoms with Crippen LogP contribution in [-0.4, -0.2) is 88.1 Å². The second kappa shape index (κ2) is 32.5. The van der Waals surface area contributed by atoms with Crippen LogP contribution in [0.5, 0.6) is 0 Å². The third-order valence-corrected chi connectivity index (χ3v) is 8.56. The van der Waals surface area contributed by atoms with Crippen LogP contribution in [0.25, 0.3) is 0 Å². The number of phosphoric ester groups is 1. The Kier molecular flexibility index (Phi) is 31.1. The quantitative estimate of drug-likeness (QED) is 0.0156. The number of carbonyl (C=O) groups is 2. The number of carbonyl (C=O) groups excluding carboxylic acids is 2. The monoisotopic (exact) mass is 746 g/mol. The zero-order valence-corrected chi connectivity index (χ0v) is 32.1. The molecule has 0 aromatic rings. The molecule has 0 aliphatic carbocycles. The van der Waals surface area contributed by atoms with Crippen LogP contribution in [0.4, 0.5) is 0 Å². The molecule has 13 heteroatoms. The van der Waals surface area contributed by atoms with Gasteiger partial charge in [0.25, 0.3) is 0 Å². The summed E-state index contributed by atoms with van der Waals surface area (Å²) in [5.41, 5.74) is 0. The van der Waals surface area contributed by atoms with Gasteiger partial charge in [0.15, 0.2) is 6.10 Å². The maximum Gasteiger partial charge on any atom is 0.472 e. The van der Waals surface area contributed by atoms with Crippen molar-refractivity contribution in [3.05, 3.63) is 48.6 Å². The zero-order chi connectivity index (χ0) is 38.2. The van der Waals surface area contributed by atoms with E-state index in [0.29, 0.717) is 31.6 Å². The average Bonchev–Trinajstić information content (AvgIpc) is 3.09. The fourth-order valence-corrected chi connectivity index (χ4v) is 5.39. The molecule has 0 bridgehead atoms. The van der Waals surface area contributed by atoms with Crippen molar-refractivity contribution in [3.8, 4) is 0 Å². The summed E-state index contributed by atoms with van der Waals surface area (Å²) in [6.45, 7) is 4.20. The minimum absolute atomic E-state index is 0.0201. The second-order valence-corrected chi connectivity index (χ2v) is 14.6. The summed E-state index contributed by atoms with van der Waals surface area (Å²) in [5.74, 6) is -0.486. The molecule has 0 radical (unpaired) electrons. The van der Waals surface area contributed by atoms with E-state index in [-0.39, 0.29) is 12.8 Å². The molecule has 0 fully saturated rings. The molecule has 0 aliphatic rings. The standard InChI is InChI=1S/C38H67O12P/c1-4-5-6-7-11-16-22-33(40)23-17-13-14-18-24-34(41)25-20-27-37(43)47-30-36(31-49-51(45,46)48-29-35(42)28-39)50-38(44)26-19-12-9-8-10-15-21-32(2)3/h11,13-14,16-18,23-24,32-36,39-42H,4-10,12,15,19-22,25-31H2,1-3H3,(H,45,46)/b14-13+,16-11-,23-17+,24-18-/t33-,34-,35+,36-/m1/s1. The first-order chi connectivity index (χ1) is 24.4. The van der Waals surface area contributed by atoms with Gasteiger partial charge in [0.05, 0.1) is 32.0 Å². The highest BCUT2D eigenvalue weighted by atomic mass is 31.2. The first-order valence-electron chi connectivity index (χ1n) is 18.7. The van der Waals surface area contributed by atoms with E-state index in [9.17, 15) is 34.4 Å². The fourth-order valence-electron chi connectivity index (χ4n) is 4.60. The molecule has 0 aromatic heterocycles. The summed E-state index contributed by atoms with van der Waals surface area (Å²) < 4.78 is 32.3. The van der Waals surface area contributed by atoms with Crippen molar-refractivity contribution >= 4 is 19.8 Å². The maximum atomic E-state index is 12.5. The molecule has 1 unspecified atom stereocenters. The Morgan fingerprint density at radius 1 is 0.706 bits per heavy atom. The number of esters is 2. The molecule has 0 heterocycles. The van der Waals surface area contributed by atoms with Crippen molar-refractivity contribution in [1.29, 1.82) is 0 Å². The number of unbranched alkanes of at least 4 members (excludes halogenated alkanes) is 8. The van der Waals surface area contributed by atoms with E-state index >= 15 is 0 Å². The van der Waals surface area contributed by atoms with Crippen LogP contribution in [0.2, 0.25) is 0 Å². The number of hydrogen-bond donors (Lipinski definition) is 5. The molecule has 0 amide bonds. The minimum Gasteiger partial charge on any atom is -0.462 e. The van der Waals surface area contributed by atoms with Crippen LogP contribution in [0.15, 0.2) is 48.6 Å². The van der Waals surface area contributed by atoms with Gasteiger partial charge in [-0.25, -0.2) is 4.57 Å². The SMILES string of the molecule is CCCCC/C=C\C[C@@H](O)/C=C/C=C/C=C\[C@@H](O)CCCC(=O)OC[C@H](COP(=O)(O)OC[C@@H](O)CO)OC(=O)CCCCCCCCC(C)C. The Morgan fingerprint density at radius 2 is 1.33 bits per heavy atom. The first-order valence-corrected chi connectivity index (χ1v) is 20.2. The lowest BCUT2D eigenvalue weighted by Crippen LogP contribution is -2.30. The molecular weight excluding hydrogens is 679 g/mol. The number of hydrogen-bond acceptors (Lipinski definition) is 11. The first kappa shape index (κ1) is 48.9. The van der Waals surface area contributed by atoms with Crippen molar-refractivity contribution in [2.24, 2.45) is 5.92 Å². The summed E-state index contributed by atoms with van der Waals surface area (Å²) in [6.07, 6.45) is 23.3. The van der Waals surface area contributed by atoms with Crippen LogP contribution < -0.4 is 0 Å². The van der Waals surface area contributed by atoms with E-state index in [4.69, 9.17) is 19.1 Å². The van der Waals surface area contributed by atoms with Gasteiger partial charge in [0, 0.05) is 12.8 Å². The lowest BCUT2D eigenvalue weighted by atomic mass is 10.0. The van der Waals surface area contributed by atoms with Crippen LogP contribution in [0, 0.1) is 5.92 Å². The molecule has 12 nitrogen and oxygen atoms in total. The second-order valence-electron chi connectivity index (χ2n) is 13.1. The molecule has 0 aromatic carbocycles. The van der Waals surface area contributed by atoms with Gasteiger partial charge >= 0.3 is 19.8 Å². The van der Waals surface area contributed by atoms with Crippen molar-refractivity contribution in [1.82, 2.24) is 0 Å². The Balaban J connectivity index is 4.64. The third kappa shape index (κ3) is 33.4. The van der Waals surface area contributed by atoms with Crippen LogP contribution >= 0.6 is 7.82 Å². The van der Waals surface area contributed by atoms with Gasteiger partial charge in [-0.15, -0.1) is 0 Å². The smallest absolute Gasteiger partial charge is 0.462 e. The molecule has 5 atom stereocenters. The van der Waals surface area contributed by atoms with E-state index < -0.39 is 70.6 Å². The lowest BCUT2D eigenvalue weighted by molar-refractivity contribution is -0.161. The van der Waals surface area contributed by atoms with Gasteiger partial charge in [-0.2, -0.15) is 0 Å². The van der Waals surface area contributed by atoms with Crippen molar-refractivity contribution in [2.45, 2.75) is 148 Å². The summed E-state index contributed by atoms with van der Waals surface area (Å²) >= 11 is 0. The van der Waals surface area contributed by atoms with Gasteiger partial charge in [0.2, 0.25) is 0 Å². The number of rotatable bonds is 33. The van der Waals surface area contributed by atoms with Gasteiger partial charge in [-0.3, -0.25) is 18.6 Å². The number of allylic oxidation sites excluding steroid dienone is 5. The summed E-state index contributed by atoms with van der Waals surface area (Å²) in [5, 5.41) is 38.4. The highest BCUT2D eigenvalue weighted by Gasteiger charge is 2.27. The van der Waals surface area contributed by atoms with Gasteiger partial charge < -0.3 is 34.8 Å². The van der Waals surface area contributed by atoms with Gasteiger partial charge in [-0.05, 0) is 44.4 Å². The van der Waals surface area contributed by atoms with Crippen LogP contribution in [0.3, 0.4) is 0 Å². The predicted octanol–water partition coefficient (Wildman–Crippen LogP) is 6.79. The Morgan fingerprint density at radius 3 is 2.00 bits per heavy atom. The summed E-state index contributed by atoms with van der Waals surface area (Å²) in [6, 6.07) is 0. The predicted molar refractivity (Wildman–Crippen MR) is 199 cm³/mol. The minimum atomic E-state index is -4.67. The molecule has 0 saturated heterocycles. The van der Waals surface area contributed by atoms with Gasteiger partial charge in [-0.1, -0.05) is 121 Å². The Labute approximate surface area is 306 Å². The molecule has 0 saturated carbocycles. The normalized spacial score (nSPS) is 15.9. The number of aliphatic hydroxyl groups is 4. The highest BCUT2D eigenvalue weighted by Crippen LogP contribution is 2.43. The lowest BCUT2D eigenvalue weighted by Gasteiger charge is -2.20. The summed E-state index contributed by atoms with van der Waals surface area (Å²) in [7, 11) is -4.67. The average molecular weight is 747 g/mol. The molecule has 51 heavy (non-hydrogen) atoms. The van der Waals surface area contributed by atoms with Crippen LogP contribution in [-0.2, 0) is 32.7 Å². The highest BCUT2D eigenvalue weighted by molar-refractivity contribution is 7.47. The molecule has 0 spiro atoms. The van der Waals surface area contributed by atoms with E-state index in [1.807, 2.05) is 6.08 Å². The largest absolute Gasteiger partial charge is 0.472 e. The molecule has 0 rings (SSSR count). The van der Waals surface area contributed by atoms with Crippen molar-refractivity contribution in [2.75, 3.05) is 26.4 Å². The third-order valence-electron chi connectivity index (χ3n) is 7.60. The van der Waals surface area contributed by atoms with E-state index in [1.54, 1.807) is 36.5 Å². The topological polar surface area (TPSA) is 189 Å². The molecule has 0 aliphatic heterocycles. The van der Waals surface area contributed by atoms with E-state index in [0.717, 1.165) is 38.5 Å². The number of ether oxygens (including phenoxy) is 2. The summed E-state index contributed by atoms with van der Waals surface area (Å²) in [4.78, 5) is 34.7. The van der Waals surface area contributed by atoms with E-state index in [2.05, 4.69) is 31.4 Å². The Bertz CT molecular complexity index is 1040. The zero-order valence-electron chi connectivity index (χ0n) is 31.2. The maximum absolute atomic E-state index is 12.5. The van der Waals surface area contributed by atoms with Gasteiger partial charge in [0.1, 0.15) is 12.7 Å². The van der Waals surface area contributed by atoms with Crippen molar-refractivity contribution < 1.29 is 58.0 Å². The number of phosphoric acid groups is 1. The molecule has 5 N–H and O–H groups in total. The van der Waals surface area contributed by atoms with Crippen LogP contribution in [0.1, 0.15) is 124 Å². The van der Waals surface area contributed by atoms with E-state index in [1.165, 1.54) is 25.7 Å². The molecular formula is C38H67O12P. The Hall–Kier alpha value is -2.15. The van der Waals surface area contributed by atoms with Crippen molar-refractivity contribution in [3.63, 3.8) is 0 Å². The number of aliphatic hydroxyl groups excluding tert-OH is 4. The molecule has 296 valence electrons. The fraction of sp³-hybridized carbons (Fsp3) is 0.737.